The lowest BCUT2D eigenvalue weighted by Crippen LogP contribution is -2.18. The molecule has 110 valence electrons. The molecule has 0 aliphatic heterocycles. The largest absolute Gasteiger partial charge is 0.321 e. The zero-order chi connectivity index (χ0) is 15.2. The van der Waals surface area contributed by atoms with Crippen molar-refractivity contribution >= 4 is 11.6 Å². The Morgan fingerprint density at radius 1 is 1.33 bits per heavy atom. The molecule has 1 atom stereocenters. The van der Waals surface area contributed by atoms with Gasteiger partial charge in [-0.25, -0.2) is 9.37 Å². The Labute approximate surface area is 123 Å². The van der Waals surface area contributed by atoms with Gasteiger partial charge >= 0.3 is 0 Å². The second-order valence-corrected chi connectivity index (χ2v) is 4.72. The van der Waals surface area contributed by atoms with Crippen LogP contribution >= 0.6 is 0 Å². The highest BCUT2D eigenvalue weighted by Gasteiger charge is 2.09. The summed E-state index contributed by atoms with van der Waals surface area (Å²) in [5.41, 5.74) is 1.96. The number of halogens is 1. The highest BCUT2D eigenvalue weighted by Crippen LogP contribution is 2.17. The summed E-state index contributed by atoms with van der Waals surface area (Å²) in [7, 11) is 0. The number of rotatable bonds is 5. The zero-order valence-electron chi connectivity index (χ0n) is 12.1. The SMILES string of the molecule is CCNC(C)c1cccc(NC(=O)c2ccc(F)cn2)c1. The first-order chi connectivity index (χ1) is 10.1. The van der Waals surface area contributed by atoms with E-state index in [4.69, 9.17) is 0 Å². The first kappa shape index (κ1) is 15.1. The van der Waals surface area contributed by atoms with Gasteiger partial charge in [0, 0.05) is 11.7 Å². The summed E-state index contributed by atoms with van der Waals surface area (Å²) in [5.74, 6) is -0.823. The van der Waals surface area contributed by atoms with E-state index in [1.807, 2.05) is 31.2 Å². The van der Waals surface area contributed by atoms with Gasteiger partial charge in [-0.1, -0.05) is 19.1 Å². The molecule has 0 aliphatic rings. The lowest BCUT2D eigenvalue weighted by atomic mass is 10.1. The van der Waals surface area contributed by atoms with E-state index in [2.05, 4.69) is 22.5 Å². The van der Waals surface area contributed by atoms with Crippen molar-refractivity contribution in [3.05, 3.63) is 59.7 Å². The van der Waals surface area contributed by atoms with Crippen molar-refractivity contribution in [1.82, 2.24) is 10.3 Å². The van der Waals surface area contributed by atoms with Crippen LogP contribution in [0.2, 0.25) is 0 Å². The molecule has 1 unspecified atom stereocenters. The number of carbonyl (C=O) groups is 1. The minimum Gasteiger partial charge on any atom is -0.321 e. The number of pyridine rings is 1. The Morgan fingerprint density at radius 2 is 2.14 bits per heavy atom. The van der Waals surface area contributed by atoms with Crippen molar-refractivity contribution in [2.75, 3.05) is 11.9 Å². The topological polar surface area (TPSA) is 54.0 Å². The molecule has 0 fully saturated rings. The number of carbonyl (C=O) groups excluding carboxylic acids is 1. The Balaban J connectivity index is 2.10. The summed E-state index contributed by atoms with van der Waals surface area (Å²) in [4.78, 5) is 15.8. The third-order valence-corrected chi connectivity index (χ3v) is 3.11. The number of aromatic nitrogens is 1. The van der Waals surface area contributed by atoms with Crippen LogP contribution in [0.5, 0.6) is 0 Å². The summed E-state index contributed by atoms with van der Waals surface area (Å²) < 4.78 is 12.8. The summed E-state index contributed by atoms with van der Waals surface area (Å²) in [5, 5.41) is 6.08. The predicted octanol–water partition coefficient (Wildman–Crippen LogP) is 3.14. The van der Waals surface area contributed by atoms with Gasteiger partial charge in [0.25, 0.3) is 5.91 Å². The minimum atomic E-state index is -0.465. The first-order valence-corrected chi connectivity index (χ1v) is 6.86. The van der Waals surface area contributed by atoms with Gasteiger partial charge < -0.3 is 10.6 Å². The predicted molar refractivity (Wildman–Crippen MR) is 80.7 cm³/mol. The molecule has 2 aromatic rings. The van der Waals surface area contributed by atoms with Gasteiger partial charge in [-0.2, -0.15) is 0 Å². The fraction of sp³-hybridized carbons (Fsp3) is 0.250. The molecule has 1 amide bonds. The number of anilines is 1. The molecule has 1 aromatic heterocycles. The molecule has 4 nitrogen and oxygen atoms in total. The number of nitrogens with one attached hydrogen (secondary N) is 2. The van der Waals surface area contributed by atoms with Gasteiger partial charge in [-0.15, -0.1) is 0 Å². The van der Waals surface area contributed by atoms with Crippen LogP contribution < -0.4 is 10.6 Å². The van der Waals surface area contributed by atoms with Crippen LogP contribution in [-0.2, 0) is 0 Å². The number of amides is 1. The maximum absolute atomic E-state index is 12.8. The Bertz CT molecular complexity index is 613. The van der Waals surface area contributed by atoms with E-state index in [1.165, 1.54) is 12.1 Å². The molecular weight excluding hydrogens is 269 g/mol. The average molecular weight is 287 g/mol. The lowest BCUT2D eigenvalue weighted by molar-refractivity contribution is 0.102. The smallest absolute Gasteiger partial charge is 0.274 e. The van der Waals surface area contributed by atoms with Crippen molar-refractivity contribution in [2.24, 2.45) is 0 Å². The molecule has 0 spiro atoms. The molecule has 0 saturated carbocycles. The second-order valence-electron chi connectivity index (χ2n) is 4.72. The Morgan fingerprint density at radius 3 is 2.81 bits per heavy atom. The van der Waals surface area contributed by atoms with Gasteiger partial charge in [0.1, 0.15) is 11.5 Å². The summed E-state index contributed by atoms with van der Waals surface area (Å²) >= 11 is 0. The molecule has 0 bridgehead atoms. The monoisotopic (exact) mass is 287 g/mol. The summed E-state index contributed by atoms with van der Waals surface area (Å²) in [6.07, 6.45) is 1.03. The van der Waals surface area contributed by atoms with Crippen LogP contribution in [0.15, 0.2) is 42.6 Å². The van der Waals surface area contributed by atoms with Crippen LogP contribution in [0, 0.1) is 5.82 Å². The zero-order valence-corrected chi connectivity index (χ0v) is 12.1. The number of benzene rings is 1. The molecule has 0 radical (unpaired) electrons. The molecule has 2 rings (SSSR count). The average Bonchev–Trinajstić information content (AvgIpc) is 2.48. The van der Waals surface area contributed by atoms with Crippen LogP contribution in [0.1, 0.15) is 35.9 Å². The number of hydrogen-bond donors (Lipinski definition) is 2. The van der Waals surface area contributed by atoms with Crippen molar-refractivity contribution in [3.63, 3.8) is 0 Å². The van der Waals surface area contributed by atoms with Crippen LogP contribution in [0.3, 0.4) is 0 Å². The van der Waals surface area contributed by atoms with Gasteiger partial charge in [0.05, 0.1) is 6.20 Å². The molecular formula is C16H18FN3O. The van der Waals surface area contributed by atoms with E-state index >= 15 is 0 Å². The number of nitrogens with zero attached hydrogens (tertiary/aromatic N) is 1. The molecule has 2 N–H and O–H groups in total. The van der Waals surface area contributed by atoms with E-state index in [-0.39, 0.29) is 17.6 Å². The van der Waals surface area contributed by atoms with Crippen LogP contribution in [0.4, 0.5) is 10.1 Å². The summed E-state index contributed by atoms with van der Waals surface area (Å²) in [6, 6.07) is 10.4. The maximum Gasteiger partial charge on any atom is 0.274 e. The van der Waals surface area contributed by atoms with E-state index in [0.29, 0.717) is 5.69 Å². The second kappa shape index (κ2) is 6.95. The summed E-state index contributed by atoms with van der Waals surface area (Å²) in [6.45, 7) is 4.98. The van der Waals surface area contributed by atoms with Crippen LogP contribution in [-0.4, -0.2) is 17.4 Å². The van der Waals surface area contributed by atoms with Gasteiger partial charge in [-0.3, -0.25) is 4.79 Å². The van der Waals surface area contributed by atoms with E-state index in [9.17, 15) is 9.18 Å². The van der Waals surface area contributed by atoms with Crippen molar-refractivity contribution < 1.29 is 9.18 Å². The van der Waals surface area contributed by atoms with Crippen molar-refractivity contribution in [2.45, 2.75) is 19.9 Å². The fourth-order valence-electron chi connectivity index (χ4n) is 2.02. The highest BCUT2D eigenvalue weighted by atomic mass is 19.1. The third kappa shape index (κ3) is 4.10. The molecule has 0 aliphatic carbocycles. The maximum atomic E-state index is 12.8. The number of hydrogen-bond acceptors (Lipinski definition) is 3. The van der Waals surface area contributed by atoms with Crippen molar-refractivity contribution in [3.8, 4) is 0 Å². The van der Waals surface area contributed by atoms with Gasteiger partial charge in [-0.05, 0) is 43.3 Å². The molecule has 1 aromatic carbocycles. The molecule has 5 heteroatoms. The minimum absolute atomic E-state index is 0.182. The molecule has 1 heterocycles. The Hall–Kier alpha value is -2.27. The van der Waals surface area contributed by atoms with Crippen molar-refractivity contribution in [1.29, 1.82) is 0 Å². The third-order valence-electron chi connectivity index (χ3n) is 3.11. The Kier molecular flexibility index (Phi) is 5.00. The fourth-order valence-corrected chi connectivity index (χ4v) is 2.02. The van der Waals surface area contributed by atoms with Gasteiger partial charge in [0.15, 0.2) is 0 Å². The van der Waals surface area contributed by atoms with E-state index in [0.717, 1.165) is 18.3 Å². The highest BCUT2D eigenvalue weighted by molar-refractivity contribution is 6.02. The first-order valence-electron chi connectivity index (χ1n) is 6.86. The van der Waals surface area contributed by atoms with E-state index < -0.39 is 5.82 Å². The van der Waals surface area contributed by atoms with E-state index in [1.54, 1.807) is 0 Å². The standard InChI is InChI=1S/C16H18FN3O/c1-3-18-11(2)12-5-4-6-14(9-12)20-16(21)15-8-7-13(17)10-19-15/h4-11,18H,3H2,1-2H3,(H,20,21). The normalized spacial score (nSPS) is 12.0. The lowest BCUT2D eigenvalue weighted by Gasteiger charge is -2.14. The van der Waals surface area contributed by atoms with Gasteiger partial charge in [0.2, 0.25) is 0 Å². The van der Waals surface area contributed by atoms with Crippen LogP contribution in [0.25, 0.3) is 0 Å². The molecule has 21 heavy (non-hydrogen) atoms. The molecule has 0 saturated heterocycles. The quantitative estimate of drug-likeness (QED) is 0.888.